The van der Waals surface area contributed by atoms with Crippen LogP contribution in [0.15, 0.2) is 16.0 Å². The molecule has 0 saturated heterocycles. The zero-order valence-electron chi connectivity index (χ0n) is 10.0. The van der Waals surface area contributed by atoms with Crippen molar-refractivity contribution < 1.29 is 14.4 Å². The molecule has 2 aromatic heterocycles. The monoisotopic (exact) mass is 266 g/mol. The molecule has 1 fully saturated rings. The van der Waals surface area contributed by atoms with E-state index in [0.717, 1.165) is 25.7 Å². The van der Waals surface area contributed by atoms with Gasteiger partial charge in [0.2, 0.25) is 5.82 Å². The van der Waals surface area contributed by atoms with Gasteiger partial charge in [-0.25, -0.2) is 0 Å². The number of rotatable bonds is 3. The average molecular weight is 266 g/mol. The molecule has 6 heteroatoms. The molecule has 1 aliphatic carbocycles. The first kappa shape index (κ1) is 11.7. The number of thiophene rings is 1. The summed E-state index contributed by atoms with van der Waals surface area (Å²) in [5.74, 6) is 1.12. The van der Waals surface area contributed by atoms with Gasteiger partial charge in [-0.15, -0.1) is 11.3 Å². The van der Waals surface area contributed by atoms with Gasteiger partial charge in [-0.3, -0.25) is 0 Å². The van der Waals surface area contributed by atoms with Crippen LogP contribution < -0.4 is 0 Å². The Balaban J connectivity index is 1.96. The molecule has 3 rings (SSSR count). The summed E-state index contributed by atoms with van der Waals surface area (Å²) < 4.78 is 10.8. The molecule has 0 radical (unpaired) electrons. The van der Waals surface area contributed by atoms with Crippen molar-refractivity contribution in [3.05, 3.63) is 17.3 Å². The number of methoxy groups -OCH3 is 1. The smallest absolute Gasteiger partial charge is 0.271 e. The lowest BCUT2D eigenvalue weighted by Crippen LogP contribution is -2.25. The molecule has 0 atom stereocenters. The van der Waals surface area contributed by atoms with Gasteiger partial charge >= 0.3 is 0 Å². The van der Waals surface area contributed by atoms with Crippen LogP contribution in [0, 0.1) is 0 Å². The Morgan fingerprint density at radius 1 is 1.44 bits per heavy atom. The molecule has 0 bridgehead atoms. The molecule has 1 aliphatic rings. The SMILES string of the molecule is COC1(c2noc(-c3sccc3O)n2)CCCC1. The number of ether oxygens (including phenoxy) is 1. The molecule has 0 aliphatic heterocycles. The minimum absolute atomic E-state index is 0.174. The third-order valence-corrected chi connectivity index (χ3v) is 4.37. The lowest BCUT2D eigenvalue weighted by molar-refractivity contribution is -0.0178. The highest BCUT2D eigenvalue weighted by Crippen LogP contribution is 2.41. The molecule has 1 saturated carbocycles. The average Bonchev–Trinajstić information content (AvgIpc) is 3.08. The quantitative estimate of drug-likeness (QED) is 0.925. The van der Waals surface area contributed by atoms with Crippen molar-refractivity contribution >= 4 is 11.3 Å². The molecule has 5 nitrogen and oxygen atoms in total. The maximum absolute atomic E-state index is 9.65. The maximum atomic E-state index is 9.65. The Morgan fingerprint density at radius 2 is 2.22 bits per heavy atom. The second kappa shape index (κ2) is 4.37. The van der Waals surface area contributed by atoms with Crippen LogP contribution in [0.1, 0.15) is 31.5 Å². The molecule has 0 unspecified atom stereocenters. The van der Waals surface area contributed by atoms with Crippen molar-refractivity contribution in [2.75, 3.05) is 7.11 Å². The summed E-state index contributed by atoms with van der Waals surface area (Å²) in [6.07, 6.45) is 4.06. The summed E-state index contributed by atoms with van der Waals surface area (Å²) in [6, 6.07) is 1.62. The van der Waals surface area contributed by atoms with Gasteiger partial charge in [0.15, 0.2) is 0 Å². The van der Waals surface area contributed by atoms with Gasteiger partial charge in [-0.05, 0) is 37.1 Å². The highest BCUT2D eigenvalue weighted by Gasteiger charge is 2.40. The Morgan fingerprint density at radius 3 is 2.83 bits per heavy atom. The minimum Gasteiger partial charge on any atom is -0.506 e. The van der Waals surface area contributed by atoms with Gasteiger partial charge in [0.05, 0.1) is 0 Å². The molecule has 2 heterocycles. The van der Waals surface area contributed by atoms with Crippen LogP contribution in [-0.2, 0) is 10.3 Å². The highest BCUT2D eigenvalue weighted by atomic mass is 32.1. The third-order valence-electron chi connectivity index (χ3n) is 3.47. The van der Waals surface area contributed by atoms with Crippen LogP contribution in [0.5, 0.6) is 5.75 Å². The van der Waals surface area contributed by atoms with Gasteiger partial charge in [-0.2, -0.15) is 4.98 Å². The number of aromatic hydroxyl groups is 1. The van der Waals surface area contributed by atoms with E-state index < -0.39 is 5.60 Å². The van der Waals surface area contributed by atoms with Crippen molar-refractivity contribution in [2.45, 2.75) is 31.3 Å². The van der Waals surface area contributed by atoms with E-state index in [4.69, 9.17) is 9.26 Å². The van der Waals surface area contributed by atoms with E-state index in [-0.39, 0.29) is 5.75 Å². The fraction of sp³-hybridized carbons (Fsp3) is 0.500. The number of hydrogen-bond acceptors (Lipinski definition) is 6. The molecule has 0 amide bonds. The van der Waals surface area contributed by atoms with Crippen LogP contribution in [-0.4, -0.2) is 22.4 Å². The van der Waals surface area contributed by atoms with Crippen LogP contribution >= 0.6 is 11.3 Å². The standard InChI is InChI=1S/C12H14N2O3S/c1-16-12(5-2-3-6-12)11-13-10(17-14-11)9-8(15)4-7-18-9/h4,7,15H,2-3,5-6H2,1H3. The van der Waals surface area contributed by atoms with Gasteiger partial charge in [0, 0.05) is 7.11 Å². The summed E-state index contributed by atoms with van der Waals surface area (Å²) >= 11 is 1.38. The van der Waals surface area contributed by atoms with Gasteiger partial charge in [0.25, 0.3) is 5.89 Å². The van der Waals surface area contributed by atoms with Gasteiger partial charge in [-0.1, -0.05) is 5.16 Å². The Bertz CT molecular complexity index is 543. The summed E-state index contributed by atoms with van der Waals surface area (Å²) in [6.45, 7) is 0. The van der Waals surface area contributed by atoms with E-state index in [1.807, 2.05) is 0 Å². The first-order valence-electron chi connectivity index (χ1n) is 5.91. The van der Waals surface area contributed by atoms with Crippen molar-refractivity contribution in [2.24, 2.45) is 0 Å². The highest BCUT2D eigenvalue weighted by molar-refractivity contribution is 7.13. The molecule has 0 spiro atoms. The second-order valence-corrected chi connectivity index (χ2v) is 5.38. The molecular formula is C12H14N2O3S. The second-order valence-electron chi connectivity index (χ2n) is 4.46. The summed E-state index contributed by atoms with van der Waals surface area (Å²) in [7, 11) is 1.68. The predicted molar refractivity (Wildman–Crippen MR) is 66.4 cm³/mol. The molecular weight excluding hydrogens is 252 g/mol. The molecule has 2 aromatic rings. The van der Waals surface area contributed by atoms with E-state index >= 15 is 0 Å². The summed E-state index contributed by atoms with van der Waals surface area (Å²) in [4.78, 5) is 5.00. The molecule has 1 N–H and O–H groups in total. The Kier molecular flexibility index (Phi) is 2.83. The minimum atomic E-state index is -0.408. The Labute approximate surface area is 108 Å². The van der Waals surface area contributed by atoms with Crippen LogP contribution in [0.3, 0.4) is 0 Å². The van der Waals surface area contributed by atoms with Crippen molar-refractivity contribution in [3.8, 4) is 16.5 Å². The van der Waals surface area contributed by atoms with Crippen LogP contribution in [0.4, 0.5) is 0 Å². The fourth-order valence-electron chi connectivity index (χ4n) is 2.43. The molecule has 18 heavy (non-hydrogen) atoms. The number of nitrogens with zero attached hydrogens (tertiary/aromatic N) is 2. The van der Waals surface area contributed by atoms with E-state index in [1.165, 1.54) is 11.3 Å². The van der Waals surface area contributed by atoms with Crippen LogP contribution in [0.2, 0.25) is 0 Å². The first-order valence-corrected chi connectivity index (χ1v) is 6.79. The van der Waals surface area contributed by atoms with E-state index in [2.05, 4.69) is 10.1 Å². The summed E-state index contributed by atoms with van der Waals surface area (Å²) in [5, 5.41) is 15.5. The van der Waals surface area contributed by atoms with E-state index in [1.54, 1.807) is 18.6 Å². The van der Waals surface area contributed by atoms with Crippen molar-refractivity contribution in [1.29, 1.82) is 0 Å². The lowest BCUT2D eigenvalue weighted by Gasteiger charge is -2.22. The van der Waals surface area contributed by atoms with Gasteiger partial charge in [0.1, 0.15) is 16.2 Å². The number of aromatic nitrogens is 2. The molecule has 0 aromatic carbocycles. The van der Waals surface area contributed by atoms with Crippen LogP contribution in [0.25, 0.3) is 10.8 Å². The fourth-order valence-corrected chi connectivity index (χ4v) is 3.13. The third kappa shape index (κ3) is 1.72. The first-order chi connectivity index (χ1) is 8.75. The molecule has 96 valence electrons. The maximum Gasteiger partial charge on any atom is 0.271 e. The normalized spacial score (nSPS) is 18.3. The van der Waals surface area contributed by atoms with Crippen molar-refractivity contribution in [3.63, 3.8) is 0 Å². The zero-order valence-corrected chi connectivity index (χ0v) is 10.9. The van der Waals surface area contributed by atoms with Gasteiger partial charge < -0.3 is 14.4 Å². The predicted octanol–water partition coefficient (Wildman–Crippen LogP) is 2.92. The topological polar surface area (TPSA) is 68.4 Å². The zero-order chi connectivity index (χ0) is 12.6. The van der Waals surface area contributed by atoms with E-state index in [9.17, 15) is 5.11 Å². The van der Waals surface area contributed by atoms with E-state index in [0.29, 0.717) is 16.6 Å². The lowest BCUT2D eigenvalue weighted by atomic mass is 10.0. The number of hydrogen-bond donors (Lipinski definition) is 1. The Hall–Kier alpha value is -1.40. The summed E-state index contributed by atoms with van der Waals surface area (Å²) in [5.41, 5.74) is -0.408. The van der Waals surface area contributed by atoms with Crippen molar-refractivity contribution in [1.82, 2.24) is 10.1 Å². The largest absolute Gasteiger partial charge is 0.506 e.